The first-order valence-electron chi connectivity index (χ1n) is 2.99. The normalized spacial score (nSPS) is 10.0. The van der Waals surface area contributed by atoms with E-state index in [0.29, 0.717) is 10.3 Å². The predicted octanol–water partition coefficient (Wildman–Crippen LogP) is 2.03. The van der Waals surface area contributed by atoms with Crippen LogP contribution in [0, 0.1) is 0 Å². The molecular weight excluding hydrogens is 168 g/mol. The summed E-state index contributed by atoms with van der Waals surface area (Å²) in [5.74, 6) is 0.561. The van der Waals surface area contributed by atoms with Gasteiger partial charge in [0.05, 0.1) is 6.10 Å². The van der Waals surface area contributed by atoms with Gasteiger partial charge in [-0.05, 0) is 37.8 Å². The van der Waals surface area contributed by atoms with Crippen molar-refractivity contribution in [3.8, 4) is 0 Å². The Morgan fingerprint density at radius 2 is 2.20 bits per heavy atom. The largest absolute Gasteiger partial charge is 0.476 e. The molecule has 0 rings (SSSR count). The van der Waals surface area contributed by atoms with Crippen molar-refractivity contribution in [3.05, 3.63) is 0 Å². The summed E-state index contributed by atoms with van der Waals surface area (Å²) in [6, 6.07) is 0. The van der Waals surface area contributed by atoms with Gasteiger partial charge in [-0.2, -0.15) is 0 Å². The van der Waals surface area contributed by atoms with Gasteiger partial charge in [0.15, 0.2) is 0 Å². The highest BCUT2D eigenvalue weighted by Crippen LogP contribution is 2.07. The lowest BCUT2D eigenvalue weighted by Gasteiger charge is -2.08. The van der Waals surface area contributed by atoms with Gasteiger partial charge in [0, 0.05) is 7.11 Å². The van der Waals surface area contributed by atoms with Gasteiger partial charge in [-0.1, -0.05) is 0 Å². The molecule has 4 heteroatoms. The second kappa shape index (κ2) is 5.95. The van der Waals surface area contributed by atoms with E-state index in [0.717, 1.165) is 0 Å². The zero-order valence-electron chi connectivity index (χ0n) is 6.42. The quantitative estimate of drug-likeness (QED) is 0.488. The van der Waals surface area contributed by atoms with Crippen molar-refractivity contribution in [2.45, 2.75) is 20.0 Å². The lowest BCUT2D eigenvalue weighted by molar-refractivity contribution is 0.239. The molecule has 0 aliphatic heterocycles. The molecule has 0 heterocycles. The number of thiocarbonyl (C=S) groups is 1. The average molecular weight is 180 g/mol. The van der Waals surface area contributed by atoms with E-state index in [2.05, 4.69) is 0 Å². The molecule has 0 aromatic carbocycles. The number of thioether (sulfide) groups is 1. The van der Waals surface area contributed by atoms with Gasteiger partial charge in [0.2, 0.25) is 4.38 Å². The van der Waals surface area contributed by atoms with Crippen molar-refractivity contribution >= 4 is 28.4 Å². The molecule has 60 valence electrons. The molecule has 10 heavy (non-hydrogen) atoms. The summed E-state index contributed by atoms with van der Waals surface area (Å²) < 4.78 is 10.5. The Morgan fingerprint density at radius 1 is 1.60 bits per heavy atom. The van der Waals surface area contributed by atoms with E-state index in [-0.39, 0.29) is 6.10 Å². The van der Waals surface area contributed by atoms with Gasteiger partial charge < -0.3 is 9.47 Å². The number of ether oxygens (including phenoxy) is 2. The fourth-order valence-corrected chi connectivity index (χ4v) is 1.14. The van der Waals surface area contributed by atoms with Crippen LogP contribution in [0.5, 0.6) is 0 Å². The van der Waals surface area contributed by atoms with Crippen LogP contribution in [0.1, 0.15) is 13.8 Å². The van der Waals surface area contributed by atoms with Gasteiger partial charge in [0.1, 0.15) is 5.94 Å². The van der Waals surface area contributed by atoms with Crippen LogP contribution in [0.2, 0.25) is 0 Å². The minimum atomic E-state index is 0.164. The van der Waals surface area contributed by atoms with Crippen LogP contribution < -0.4 is 0 Å². The summed E-state index contributed by atoms with van der Waals surface area (Å²) in [7, 11) is 1.63. The summed E-state index contributed by atoms with van der Waals surface area (Å²) >= 11 is 6.25. The monoisotopic (exact) mass is 180 g/mol. The first kappa shape index (κ1) is 10.2. The van der Waals surface area contributed by atoms with Crippen molar-refractivity contribution in [3.63, 3.8) is 0 Å². The SMILES string of the molecule is COCSC(=S)OC(C)C. The molecule has 0 N–H and O–H groups in total. The van der Waals surface area contributed by atoms with Crippen molar-refractivity contribution in [2.24, 2.45) is 0 Å². The molecule has 0 aromatic heterocycles. The van der Waals surface area contributed by atoms with Gasteiger partial charge in [-0.25, -0.2) is 0 Å². The van der Waals surface area contributed by atoms with E-state index in [4.69, 9.17) is 21.7 Å². The maximum absolute atomic E-state index is 5.17. The number of methoxy groups -OCH3 is 1. The van der Waals surface area contributed by atoms with Crippen LogP contribution in [-0.2, 0) is 9.47 Å². The highest BCUT2D eigenvalue weighted by Gasteiger charge is 1.99. The molecule has 0 aliphatic carbocycles. The Bertz CT molecular complexity index is 104. The zero-order valence-corrected chi connectivity index (χ0v) is 8.05. The summed E-state index contributed by atoms with van der Waals surface area (Å²) in [5, 5.41) is 0. The van der Waals surface area contributed by atoms with Crippen molar-refractivity contribution < 1.29 is 9.47 Å². The molecule has 0 saturated carbocycles. The van der Waals surface area contributed by atoms with Gasteiger partial charge in [0.25, 0.3) is 0 Å². The molecule has 0 radical (unpaired) electrons. The fourth-order valence-electron chi connectivity index (χ4n) is 0.334. The minimum absolute atomic E-state index is 0.164. The summed E-state index contributed by atoms with van der Waals surface area (Å²) in [5.41, 5.74) is 0. The van der Waals surface area contributed by atoms with Crippen LogP contribution in [0.25, 0.3) is 0 Å². The molecule has 0 unspecified atom stereocenters. The van der Waals surface area contributed by atoms with Crippen LogP contribution >= 0.6 is 24.0 Å². The summed E-state index contributed by atoms with van der Waals surface area (Å²) in [6.45, 7) is 3.89. The second-order valence-corrected chi connectivity index (χ2v) is 3.49. The molecular formula is C6H12O2S2. The molecule has 0 saturated heterocycles. The van der Waals surface area contributed by atoms with Crippen LogP contribution in [0.15, 0.2) is 0 Å². The van der Waals surface area contributed by atoms with E-state index >= 15 is 0 Å². The van der Waals surface area contributed by atoms with E-state index in [1.54, 1.807) is 7.11 Å². The number of hydrogen-bond donors (Lipinski definition) is 0. The molecule has 2 nitrogen and oxygen atoms in total. The molecule has 0 aromatic rings. The van der Waals surface area contributed by atoms with E-state index in [1.807, 2.05) is 13.8 Å². The smallest absolute Gasteiger partial charge is 0.222 e. The lowest BCUT2D eigenvalue weighted by Crippen LogP contribution is -2.06. The number of rotatable bonds is 3. The van der Waals surface area contributed by atoms with Crippen LogP contribution in [0.3, 0.4) is 0 Å². The molecule has 0 spiro atoms. The number of hydrogen-bond acceptors (Lipinski definition) is 4. The Hall–Kier alpha value is 0.200. The minimum Gasteiger partial charge on any atom is -0.476 e. The Labute approximate surface area is 71.3 Å². The fraction of sp³-hybridized carbons (Fsp3) is 0.833. The maximum atomic E-state index is 5.17. The topological polar surface area (TPSA) is 18.5 Å². The van der Waals surface area contributed by atoms with E-state index in [9.17, 15) is 0 Å². The van der Waals surface area contributed by atoms with Gasteiger partial charge in [-0.3, -0.25) is 0 Å². The summed E-state index contributed by atoms with van der Waals surface area (Å²) in [4.78, 5) is 0. The van der Waals surface area contributed by atoms with E-state index < -0.39 is 0 Å². The maximum Gasteiger partial charge on any atom is 0.222 e. The van der Waals surface area contributed by atoms with Crippen molar-refractivity contribution in [1.29, 1.82) is 0 Å². The summed E-state index contributed by atoms with van der Waals surface area (Å²) in [6.07, 6.45) is 0.164. The van der Waals surface area contributed by atoms with Crippen LogP contribution in [-0.4, -0.2) is 23.5 Å². The lowest BCUT2D eigenvalue weighted by atomic mass is 10.5. The molecule has 0 atom stereocenters. The van der Waals surface area contributed by atoms with Crippen molar-refractivity contribution in [1.82, 2.24) is 0 Å². The first-order chi connectivity index (χ1) is 4.66. The predicted molar refractivity (Wildman–Crippen MR) is 48.3 cm³/mol. The third-order valence-corrected chi connectivity index (χ3v) is 1.76. The molecule has 0 amide bonds. The molecule has 0 bridgehead atoms. The first-order valence-corrected chi connectivity index (χ1v) is 4.38. The Balaban J connectivity index is 3.26. The average Bonchev–Trinajstić information content (AvgIpc) is 1.82. The third-order valence-electron chi connectivity index (χ3n) is 0.627. The van der Waals surface area contributed by atoms with Gasteiger partial charge in [-0.15, -0.1) is 0 Å². The van der Waals surface area contributed by atoms with Crippen molar-refractivity contribution in [2.75, 3.05) is 13.0 Å². The van der Waals surface area contributed by atoms with Crippen LogP contribution in [0.4, 0.5) is 0 Å². The Morgan fingerprint density at radius 3 is 2.60 bits per heavy atom. The molecule has 0 aliphatic rings. The third kappa shape index (κ3) is 6.32. The zero-order chi connectivity index (χ0) is 7.98. The molecule has 0 fully saturated rings. The highest BCUT2D eigenvalue weighted by atomic mass is 32.2. The second-order valence-electron chi connectivity index (χ2n) is 1.97. The standard InChI is InChI=1S/C6H12O2S2/c1-5(2)8-6(9)10-4-7-3/h5H,4H2,1-3H3. The Kier molecular flexibility index (Phi) is 6.06. The van der Waals surface area contributed by atoms with E-state index in [1.165, 1.54) is 11.8 Å². The van der Waals surface area contributed by atoms with Gasteiger partial charge >= 0.3 is 0 Å². The highest BCUT2D eigenvalue weighted by molar-refractivity contribution is 8.22.